The molecule has 0 saturated heterocycles. The van der Waals surface area contributed by atoms with Gasteiger partial charge >= 0.3 is 12.1 Å². The third-order valence-electron chi connectivity index (χ3n) is 4.32. The van der Waals surface area contributed by atoms with Crippen molar-refractivity contribution < 1.29 is 32.3 Å². The van der Waals surface area contributed by atoms with E-state index in [0.29, 0.717) is 0 Å². The SMILES string of the molecule is O=C(NC(C(=O)O)c1ccc(Cl)c(F)c1)C1CCCC(C(F)(F)F)C1. The van der Waals surface area contributed by atoms with Gasteiger partial charge in [-0.05, 0) is 37.0 Å². The fraction of sp³-hybridized carbons (Fsp3) is 0.500. The monoisotopic (exact) mass is 381 g/mol. The molecular weight excluding hydrogens is 366 g/mol. The van der Waals surface area contributed by atoms with E-state index in [-0.39, 0.29) is 36.3 Å². The van der Waals surface area contributed by atoms with Crippen molar-refractivity contribution in [2.24, 2.45) is 11.8 Å². The Morgan fingerprint density at radius 3 is 2.52 bits per heavy atom. The first-order chi connectivity index (χ1) is 11.6. The quantitative estimate of drug-likeness (QED) is 0.772. The van der Waals surface area contributed by atoms with Crippen molar-refractivity contribution in [1.29, 1.82) is 0 Å². The number of hydrogen-bond acceptors (Lipinski definition) is 2. The van der Waals surface area contributed by atoms with Crippen molar-refractivity contribution in [2.45, 2.75) is 37.9 Å². The average Bonchev–Trinajstić information content (AvgIpc) is 2.54. The van der Waals surface area contributed by atoms with Crippen molar-refractivity contribution in [1.82, 2.24) is 5.32 Å². The lowest BCUT2D eigenvalue weighted by Crippen LogP contribution is -2.41. The summed E-state index contributed by atoms with van der Waals surface area (Å²) in [7, 11) is 0. The van der Waals surface area contributed by atoms with Gasteiger partial charge in [-0.15, -0.1) is 0 Å². The maximum absolute atomic E-state index is 13.5. The van der Waals surface area contributed by atoms with Crippen molar-refractivity contribution in [3.8, 4) is 0 Å². The normalized spacial score (nSPS) is 22.3. The zero-order valence-corrected chi connectivity index (χ0v) is 13.7. The van der Waals surface area contributed by atoms with Gasteiger partial charge in [0.1, 0.15) is 5.82 Å². The number of nitrogens with one attached hydrogen (secondary N) is 1. The molecule has 2 rings (SSSR count). The van der Waals surface area contributed by atoms with Gasteiger partial charge in [-0.25, -0.2) is 9.18 Å². The molecule has 9 heteroatoms. The topological polar surface area (TPSA) is 66.4 Å². The van der Waals surface area contributed by atoms with Crippen LogP contribution in [0.2, 0.25) is 5.02 Å². The van der Waals surface area contributed by atoms with E-state index in [1.54, 1.807) is 0 Å². The van der Waals surface area contributed by atoms with Gasteiger partial charge in [-0.1, -0.05) is 24.1 Å². The van der Waals surface area contributed by atoms with Crippen LogP contribution < -0.4 is 5.32 Å². The van der Waals surface area contributed by atoms with Gasteiger partial charge in [0.05, 0.1) is 10.9 Å². The van der Waals surface area contributed by atoms with Gasteiger partial charge in [0.15, 0.2) is 6.04 Å². The number of carboxylic acids is 1. The molecule has 4 nitrogen and oxygen atoms in total. The molecule has 0 aromatic heterocycles. The van der Waals surface area contributed by atoms with E-state index in [1.807, 2.05) is 0 Å². The molecule has 138 valence electrons. The van der Waals surface area contributed by atoms with Crippen LogP contribution in [0.15, 0.2) is 18.2 Å². The molecule has 2 N–H and O–H groups in total. The molecule has 1 aromatic rings. The van der Waals surface area contributed by atoms with Crippen molar-refractivity contribution >= 4 is 23.5 Å². The molecule has 1 aromatic carbocycles. The number of halogens is 5. The number of carbonyl (C=O) groups excluding carboxylic acids is 1. The molecule has 1 aliphatic rings. The van der Waals surface area contributed by atoms with Crippen molar-refractivity contribution in [3.05, 3.63) is 34.6 Å². The predicted molar refractivity (Wildman–Crippen MR) is 81.4 cm³/mol. The minimum absolute atomic E-state index is 0.0436. The molecule has 0 spiro atoms. The number of alkyl halides is 3. The van der Waals surface area contributed by atoms with E-state index in [4.69, 9.17) is 11.6 Å². The predicted octanol–water partition coefficient (Wildman–Crippen LogP) is 4.09. The van der Waals surface area contributed by atoms with Crippen molar-refractivity contribution in [3.63, 3.8) is 0 Å². The van der Waals surface area contributed by atoms with E-state index in [2.05, 4.69) is 5.32 Å². The Balaban J connectivity index is 2.12. The summed E-state index contributed by atoms with van der Waals surface area (Å²) in [6.07, 6.45) is -4.32. The number of aliphatic carboxylic acids is 1. The van der Waals surface area contributed by atoms with Crippen LogP contribution >= 0.6 is 11.6 Å². The molecule has 0 bridgehead atoms. The van der Waals surface area contributed by atoms with Gasteiger partial charge in [0.25, 0.3) is 0 Å². The van der Waals surface area contributed by atoms with E-state index < -0.39 is 41.7 Å². The van der Waals surface area contributed by atoms with E-state index >= 15 is 0 Å². The lowest BCUT2D eigenvalue weighted by atomic mass is 9.80. The summed E-state index contributed by atoms with van der Waals surface area (Å²) in [6, 6.07) is 1.70. The second-order valence-electron chi connectivity index (χ2n) is 6.06. The fourth-order valence-electron chi connectivity index (χ4n) is 2.96. The standard InChI is InChI=1S/C16H16ClF4NO3/c17-11-5-4-8(7-12(11)18)13(15(24)25)22-14(23)9-2-1-3-10(6-9)16(19,20)21/h4-5,7,9-10,13H,1-3,6H2,(H,22,23)(H,24,25). The molecular formula is C16H16ClF4NO3. The number of rotatable bonds is 4. The molecule has 1 amide bonds. The maximum atomic E-state index is 13.5. The van der Waals surface area contributed by atoms with Crippen LogP contribution in [-0.2, 0) is 9.59 Å². The van der Waals surface area contributed by atoms with Gasteiger partial charge in [-0.2, -0.15) is 13.2 Å². The number of benzene rings is 1. The zero-order chi connectivity index (χ0) is 18.8. The average molecular weight is 382 g/mol. The number of carbonyl (C=O) groups is 2. The Labute approximate surface area is 146 Å². The van der Waals surface area contributed by atoms with Crippen LogP contribution in [0.25, 0.3) is 0 Å². The summed E-state index contributed by atoms with van der Waals surface area (Å²) in [6.45, 7) is 0. The summed E-state index contributed by atoms with van der Waals surface area (Å²) in [5.74, 6) is -5.59. The molecule has 1 fully saturated rings. The highest BCUT2D eigenvalue weighted by Gasteiger charge is 2.44. The highest BCUT2D eigenvalue weighted by Crippen LogP contribution is 2.40. The van der Waals surface area contributed by atoms with Gasteiger partial charge < -0.3 is 10.4 Å². The molecule has 0 heterocycles. The third-order valence-corrected chi connectivity index (χ3v) is 4.62. The fourth-order valence-corrected chi connectivity index (χ4v) is 3.08. The van der Waals surface area contributed by atoms with Crippen LogP contribution in [0.4, 0.5) is 17.6 Å². The van der Waals surface area contributed by atoms with Crippen LogP contribution in [0.5, 0.6) is 0 Å². The Bertz CT molecular complexity index is 665. The first-order valence-electron chi connectivity index (χ1n) is 7.64. The number of carboxylic acid groups (broad SMARTS) is 1. The minimum atomic E-state index is -4.38. The maximum Gasteiger partial charge on any atom is 0.391 e. The number of amides is 1. The van der Waals surface area contributed by atoms with E-state index in [0.717, 1.165) is 12.1 Å². The molecule has 3 atom stereocenters. The summed E-state index contributed by atoms with van der Waals surface area (Å²) in [4.78, 5) is 23.6. The number of hydrogen-bond donors (Lipinski definition) is 2. The second kappa shape index (κ2) is 7.59. The molecule has 0 aliphatic heterocycles. The zero-order valence-electron chi connectivity index (χ0n) is 12.9. The molecule has 1 aliphatic carbocycles. The van der Waals surface area contributed by atoms with Crippen molar-refractivity contribution in [2.75, 3.05) is 0 Å². The Hall–Kier alpha value is -1.83. The van der Waals surface area contributed by atoms with Gasteiger partial charge in [0, 0.05) is 5.92 Å². The summed E-state index contributed by atoms with van der Waals surface area (Å²) < 4.78 is 52.0. The third kappa shape index (κ3) is 4.84. The Morgan fingerprint density at radius 1 is 1.28 bits per heavy atom. The van der Waals surface area contributed by atoms with Crippen LogP contribution in [0.1, 0.15) is 37.3 Å². The van der Waals surface area contributed by atoms with Crippen LogP contribution in [-0.4, -0.2) is 23.2 Å². The van der Waals surface area contributed by atoms with Gasteiger partial charge in [-0.3, -0.25) is 4.79 Å². The molecule has 25 heavy (non-hydrogen) atoms. The lowest BCUT2D eigenvalue weighted by Gasteiger charge is -2.30. The largest absolute Gasteiger partial charge is 0.479 e. The van der Waals surface area contributed by atoms with E-state index in [1.165, 1.54) is 6.07 Å². The smallest absolute Gasteiger partial charge is 0.391 e. The minimum Gasteiger partial charge on any atom is -0.479 e. The highest BCUT2D eigenvalue weighted by atomic mass is 35.5. The molecule has 1 saturated carbocycles. The summed E-state index contributed by atoms with van der Waals surface area (Å²) in [5, 5.41) is 11.3. The van der Waals surface area contributed by atoms with E-state index in [9.17, 15) is 32.3 Å². The second-order valence-corrected chi connectivity index (χ2v) is 6.46. The summed E-state index contributed by atoms with van der Waals surface area (Å²) >= 11 is 5.53. The summed E-state index contributed by atoms with van der Waals surface area (Å²) in [5.41, 5.74) is -0.0501. The Morgan fingerprint density at radius 2 is 1.96 bits per heavy atom. The molecule has 3 unspecified atom stereocenters. The highest BCUT2D eigenvalue weighted by molar-refractivity contribution is 6.30. The molecule has 0 radical (unpaired) electrons. The first-order valence-corrected chi connectivity index (χ1v) is 8.02. The van der Waals surface area contributed by atoms with Crippen LogP contribution in [0, 0.1) is 17.7 Å². The Kier molecular flexibility index (Phi) is 5.92. The first kappa shape index (κ1) is 19.5. The van der Waals surface area contributed by atoms with Gasteiger partial charge in [0.2, 0.25) is 5.91 Å². The lowest BCUT2D eigenvalue weighted by molar-refractivity contribution is -0.186. The van der Waals surface area contributed by atoms with Crippen LogP contribution in [0.3, 0.4) is 0 Å².